The van der Waals surface area contributed by atoms with E-state index in [2.05, 4.69) is 25.3 Å². The van der Waals surface area contributed by atoms with Crippen molar-refractivity contribution in [1.29, 1.82) is 0 Å². The van der Waals surface area contributed by atoms with Crippen LogP contribution in [0.3, 0.4) is 0 Å². The number of thiophene rings is 1. The Bertz CT molecular complexity index is 1450. The zero-order chi connectivity index (χ0) is 25.0. The van der Waals surface area contributed by atoms with Crippen molar-refractivity contribution in [3.05, 3.63) is 70.8 Å². The highest BCUT2D eigenvalue weighted by Gasteiger charge is 2.15. The van der Waals surface area contributed by atoms with E-state index in [1.807, 2.05) is 13.0 Å². The van der Waals surface area contributed by atoms with E-state index in [0.717, 1.165) is 11.8 Å². The molecule has 0 aliphatic rings. The van der Waals surface area contributed by atoms with Gasteiger partial charge in [-0.15, -0.1) is 0 Å². The standard InChI is InChI=1S/C23H22FN5O4S2/c1-14-9-17(11-20(32-2)21(14)33-3)27-23-25-12-19(24)22(28-23)26-15-5-4-6-16(10-15)29-35(30,31)18-7-8-34-13-18/h4-13,29H,1-3H3,(H2,25,26,27,28). The molecule has 0 unspecified atom stereocenters. The zero-order valence-electron chi connectivity index (χ0n) is 19.0. The maximum absolute atomic E-state index is 14.5. The van der Waals surface area contributed by atoms with Crippen molar-refractivity contribution in [3.63, 3.8) is 0 Å². The molecular weight excluding hydrogens is 493 g/mol. The maximum atomic E-state index is 14.5. The van der Waals surface area contributed by atoms with Crippen LogP contribution in [-0.2, 0) is 10.0 Å². The number of sulfonamides is 1. The highest BCUT2D eigenvalue weighted by atomic mass is 32.2. The molecule has 0 saturated carbocycles. The second-order valence-corrected chi connectivity index (χ2v) is 9.78. The number of nitrogens with zero attached hydrogens (tertiary/aromatic N) is 2. The Morgan fingerprint density at radius 1 is 1.00 bits per heavy atom. The first-order valence-electron chi connectivity index (χ1n) is 10.2. The summed E-state index contributed by atoms with van der Waals surface area (Å²) in [4.78, 5) is 8.39. The van der Waals surface area contributed by atoms with Gasteiger partial charge in [-0.3, -0.25) is 4.72 Å². The predicted octanol–water partition coefficient (Wildman–Crippen LogP) is 5.29. The summed E-state index contributed by atoms with van der Waals surface area (Å²) in [6, 6.07) is 11.5. The topological polar surface area (TPSA) is 114 Å². The van der Waals surface area contributed by atoms with Gasteiger partial charge in [-0.2, -0.15) is 16.3 Å². The number of ether oxygens (including phenoxy) is 2. The molecule has 0 spiro atoms. The van der Waals surface area contributed by atoms with Crippen molar-refractivity contribution >= 4 is 50.2 Å². The van der Waals surface area contributed by atoms with Crippen LogP contribution in [0.25, 0.3) is 0 Å². The van der Waals surface area contributed by atoms with E-state index in [9.17, 15) is 12.8 Å². The molecule has 0 saturated heterocycles. The van der Waals surface area contributed by atoms with Crippen LogP contribution >= 0.6 is 11.3 Å². The Labute approximate surface area is 206 Å². The van der Waals surface area contributed by atoms with Crippen LogP contribution < -0.4 is 24.8 Å². The van der Waals surface area contributed by atoms with E-state index >= 15 is 0 Å². The molecule has 0 atom stereocenters. The number of aryl methyl sites for hydroxylation is 1. The van der Waals surface area contributed by atoms with Gasteiger partial charge in [0.1, 0.15) is 0 Å². The average Bonchev–Trinajstić information content (AvgIpc) is 3.37. The third kappa shape index (κ3) is 5.61. The first kappa shape index (κ1) is 24.2. The van der Waals surface area contributed by atoms with Gasteiger partial charge in [0.05, 0.1) is 31.0 Å². The third-order valence-electron chi connectivity index (χ3n) is 4.85. The minimum atomic E-state index is -3.72. The van der Waals surface area contributed by atoms with Crippen molar-refractivity contribution < 1.29 is 22.3 Å². The molecule has 2 aromatic carbocycles. The van der Waals surface area contributed by atoms with Gasteiger partial charge < -0.3 is 20.1 Å². The quantitative estimate of drug-likeness (QED) is 0.275. The van der Waals surface area contributed by atoms with Crippen molar-refractivity contribution in [3.8, 4) is 11.5 Å². The minimum Gasteiger partial charge on any atom is -0.493 e. The highest BCUT2D eigenvalue weighted by Crippen LogP contribution is 2.35. The van der Waals surface area contributed by atoms with Gasteiger partial charge in [0.2, 0.25) is 5.95 Å². The van der Waals surface area contributed by atoms with E-state index in [-0.39, 0.29) is 16.7 Å². The summed E-state index contributed by atoms with van der Waals surface area (Å²) in [7, 11) is -0.629. The van der Waals surface area contributed by atoms with E-state index < -0.39 is 15.8 Å². The highest BCUT2D eigenvalue weighted by molar-refractivity contribution is 7.92. The lowest BCUT2D eigenvalue weighted by atomic mass is 10.2. The Balaban J connectivity index is 1.54. The minimum absolute atomic E-state index is 0.0856. The molecule has 0 aliphatic heterocycles. The van der Waals surface area contributed by atoms with E-state index in [0.29, 0.717) is 28.6 Å². The molecule has 0 aliphatic carbocycles. The fourth-order valence-corrected chi connectivity index (χ4v) is 5.37. The molecule has 35 heavy (non-hydrogen) atoms. The van der Waals surface area contributed by atoms with Gasteiger partial charge in [-0.25, -0.2) is 17.8 Å². The summed E-state index contributed by atoms with van der Waals surface area (Å²) in [5.41, 5.74) is 2.20. The van der Waals surface area contributed by atoms with Crippen LogP contribution in [0.5, 0.6) is 11.5 Å². The maximum Gasteiger partial charge on any atom is 0.262 e. The van der Waals surface area contributed by atoms with Crippen LogP contribution in [-0.4, -0.2) is 32.6 Å². The molecule has 4 rings (SSSR count). The summed E-state index contributed by atoms with van der Waals surface area (Å²) >= 11 is 1.28. The monoisotopic (exact) mass is 515 g/mol. The Morgan fingerprint density at radius 3 is 2.51 bits per heavy atom. The third-order valence-corrected chi connectivity index (χ3v) is 7.06. The summed E-state index contributed by atoms with van der Waals surface area (Å²) < 4.78 is 52.7. The fourth-order valence-electron chi connectivity index (χ4n) is 3.29. The normalized spacial score (nSPS) is 11.1. The lowest BCUT2D eigenvalue weighted by Crippen LogP contribution is -2.12. The van der Waals surface area contributed by atoms with Gasteiger partial charge in [-0.05, 0) is 48.2 Å². The van der Waals surface area contributed by atoms with Gasteiger partial charge in [0.25, 0.3) is 10.0 Å². The van der Waals surface area contributed by atoms with E-state index in [4.69, 9.17) is 9.47 Å². The molecule has 2 aromatic heterocycles. The SMILES string of the molecule is COc1cc(Nc2ncc(F)c(Nc3cccc(NS(=O)(=O)c4ccsc4)c3)n2)cc(C)c1OC. The average molecular weight is 516 g/mol. The summed E-state index contributed by atoms with van der Waals surface area (Å²) in [6.07, 6.45) is 1.04. The Hall–Kier alpha value is -3.90. The molecule has 0 amide bonds. The second kappa shape index (κ2) is 10.2. The van der Waals surface area contributed by atoms with Gasteiger partial charge in [0, 0.05) is 22.8 Å². The lowest BCUT2D eigenvalue weighted by molar-refractivity contribution is 0.353. The zero-order valence-corrected chi connectivity index (χ0v) is 20.6. The molecule has 2 heterocycles. The molecule has 182 valence electrons. The van der Waals surface area contributed by atoms with Crippen LogP contribution in [0.2, 0.25) is 0 Å². The van der Waals surface area contributed by atoms with Crippen molar-refractivity contribution in [2.75, 3.05) is 29.6 Å². The molecule has 12 heteroatoms. The van der Waals surface area contributed by atoms with Crippen molar-refractivity contribution in [2.45, 2.75) is 11.8 Å². The first-order chi connectivity index (χ1) is 16.8. The summed E-state index contributed by atoms with van der Waals surface area (Å²) in [5, 5.41) is 9.11. The number of rotatable bonds is 9. The van der Waals surface area contributed by atoms with Crippen LogP contribution in [0.1, 0.15) is 5.56 Å². The molecule has 4 aromatic rings. The van der Waals surface area contributed by atoms with E-state index in [1.54, 1.807) is 36.8 Å². The Morgan fingerprint density at radius 2 is 1.80 bits per heavy atom. The molecule has 9 nitrogen and oxygen atoms in total. The lowest BCUT2D eigenvalue weighted by Gasteiger charge is -2.14. The number of anilines is 5. The van der Waals surface area contributed by atoms with Crippen molar-refractivity contribution in [2.24, 2.45) is 0 Å². The van der Waals surface area contributed by atoms with Crippen LogP contribution in [0.15, 0.2) is 64.3 Å². The Kier molecular flexibility index (Phi) is 7.03. The molecule has 0 radical (unpaired) electrons. The van der Waals surface area contributed by atoms with Crippen LogP contribution in [0.4, 0.5) is 33.2 Å². The number of aromatic nitrogens is 2. The van der Waals surface area contributed by atoms with Gasteiger partial charge in [0.15, 0.2) is 23.1 Å². The van der Waals surface area contributed by atoms with Crippen molar-refractivity contribution in [1.82, 2.24) is 9.97 Å². The second-order valence-electron chi connectivity index (χ2n) is 7.31. The fraction of sp³-hybridized carbons (Fsp3) is 0.130. The van der Waals surface area contributed by atoms with E-state index in [1.165, 1.54) is 36.0 Å². The smallest absolute Gasteiger partial charge is 0.262 e. The van der Waals surface area contributed by atoms with Gasteiger partial charge in [-0.1, -0.05) is 6.07 Å². The number of benzene rings is 2. The van der Waals surface area contributed by atoms with Gasteiger partial charge >= 0.3 is 0 Å². The largest absolute Gasteiger partial charge is 0.493 e. The molecule has 0 bridgehead atoms. The van der Waals surface area contributed by atoms with Crippen LogP contribution in [0, 0.1) is 12.7 Å². The predicted molar refractivity (Wildman–Crippen MR) is 134 cm³/mol. The first-order valence-corrected chi connectivity index (χ1v) is 12.7. The molecule has 3 N–H and O–H groups in total. The number of methoxy groups -OCH3 is 2. The summed E-state index contributed by atoms with van der Waals surface area (Å²) in [5.74, 6) is 0.516. The molecule has 0 fully saturated rings. The molecular formula is C23H22FN5O4S2. The number of hydrogen-bond acceptors (Lipinski definition) is 9. The number of halogens is 1. The number of hydrogen-bond donors (Lipinski definition) is 3. The summed E-state index contributed by atoms with van der Waals surface area (Å²) in [6.45, 7) is 1.87. The number of nitrogens with one attached hydrogen (secondary N) is 3.